The molecule has 1 aliphatic heterocycles. The molecule has 2 heterocycles. The molecule has 0 spiro atoms. The number of carbonyl (C=O) groups excluding carboxylic acids is 1. The molecule has 1 aliphatic rings. The third kappa shape index (κ3) is 2.87. The van der Waals surface area contributed by atoms with Crippen LogP contribution >= 0.6 is 0 Å². The molecule has 110 valence electrons. The van der Waals surface area contributed by atoms with Gasteiger partial charge < -0.3 is 9.30 Å². The molecule has 0 saturated heterocycles. The van der Waals surface area contributed by atoms with Gasteiger partial charge in [0.2, 0.25) is 0 Å². The Bertz CT molecular complexity index is 716. The Morgan fingerprint density at radius 1 is 1.29 bits per heavy atom. The number of allylic oxidation sites excluding steroid dienone is 1. The minimum atomic E-state index is -0.449. The fourth-order valence-corrected chi connectivity index (χ4v) is 2.89. The van der Waals surface area contributed by atoms with Crippen LogP contribution in [0.5, 0.6) is 0 Å². The van der Waals surface area contributed by atoms with Crippen LogP contribution in [0.3, 0.4) is 0 Å². The standard InChI is InChI=1S/C18H21NO2/c1-18(2,3)21-17(20)12-14-8-6-10-19-15-9-5-4-7-13(15)11-16(14)19/h4-5,7,9,11-12H,6,8,10H2,1-3H3/b14-12-. The Labute approximate surface area is 125 Å². The van der Waals surface area contributed by atoms with Gasteiger partial charge in [0.15, 0.2) is 0 Å². The monoisotopic (exact) mass is 283 g/mol. The minimum absolute atomic E-state index is 0.254. The Morgan fingerprint density at radius 2 is 2.05 bits per heavy atom. The molecule has 0 unspecified atom stereocenters. The molecule has 1 aromatic carbocycles. The lowest BCUT2D eigenvalue weighted by Gasteiger charge is -2.21. The maximum Gasteiger partial charge on any atom is 0.331 e. The molecule has 0 aliphatic carbocycles. The Morgan fingerprint density at radius 3 is 2.81 bits per heavy atom. The van der Waals surface area contributed by atoms with Gasteiger partial charge in [-0.2, -0.15) is 0 Å². The minimum Gasteiger partial charge on any atom is -0.457 e. The summed E-state index contributed by atoms with van der Waals surface area (Å²) >= 11 is 0. The second-order valence-corrected chi connectivity index (χ2v) is 6.55. The smallest absolute Gasteiger partial charge is 0.331 e. The summed E-state index contributed by atoms with van der Waals surface area (Å²) in [5, 5.41) is 1.23. The Hall–Kier alpha value is -2.03. The number of hydrogen-bond acceptors (Lipinski definition) is 2. The predicted molar refractivity (Wildman–Crippen MR) is 85.0 cm³/mol. The van der Waals surface area contributed by atoms with E-state index in [1.54, 1.807) is 6.08 Å². The molecule has 0 N–H and O–H groups in total. The summed E-state index contributed by atoms with van der Waals surface area (Å²) in [7, 11) is 0. The maximum atomic E-state index is 12.0. The van der Waals surface area contributed by atoms with Crippen molar-refractivity contribution in [3.05, 3.63) is 42.1 Å². The molecule has 21 heavy (non-hydrogen) atoms. The average molecular weight is 283 g/mol. The van der Waals surface area contributed by atoms with Crippen LogP contribution in [0.25, 0.3) is 16.5 Å². The van der Waals surface area contributed by atoms with Crippen molar-refractivity contribution >= 4 is 22.4 Å². The van der Waals surface area contributed by atoms with Gasteiger partial charge in [0, 0.05) is 29.2 Å². The van der Waals surface area contributed by atoms with Gasteiger partial charge in [-0.05, 0) is 51.3 Å². The van der Waals surface area contributed by atoms with E-state index in [-0.39, 0.29) is 5.97 Å². The van der Waals surface area contributed by atoms with Gasteiger partial charge in [-0.3, -0.25) is 0 Å². The van der Waals surface area contributed by atoms with E-state index in [1.807, 2.05) is 26.8 Å². The molecular formula is C18H21NO2. The van der Waals surface area contributed by atoms with Crippen molar-refractivity contribution in [2.24, 2.45) is 0 Å². The van der Waals surface area contributed by atoms with E-state index in [1.165, 1.54) is 10.9 Å². The average Bonchev–Trinajstić information content (AvgIpc) is 2.76. The first-order valence-electron chi connectivity index (χ1n) is 7.46. The molecule has 0 amide bonds. The first-order valence-corrected chi connectivity index (χ1v) is 7.46. The predicted octanol–water partition coefficient (Wildman–Crippen LogP) is 4.16. The van der Waals surface area contributed by atoms with E-state index < -0.39 is 5.60 Å². The van der Waals surface area contributed by atoms with E-state index in [0.717, 1.165) is 30.7 Å². The summed E-state index contributed by atoms with van der Waals surface area (Å²) in [6.07, 6.45) is 3.64. The second kappa shape index (κ2) is 5.06. The molecule has 0 bridgehead atoms. The van der Waals surface area contributed by atoms with E-state index >= 15 is 0 Å². The van der Waals surface area contributed by atoms with Gasteiger partial charge in [0.1, 0.15) is 5.60 Å². The van der Waals surface area contributed by atoms with Crippen LogP contribution in [0.2, 0.25) is 0 Å². The highest BCUT2D eigenvalue weighted by atomic mass is 16.6. The SMILES string of the molecule is CC(C)(C)OC(=O)/C=C1/CCCn2c1cc1ccccc12. The number of carbonyl (C=O) groups is 1. The topological polar surface area (TPSA) is 31.2 Å². The largest absolute Gasteiger partial charge is 0.457 e. The van der Waals surface area contributed by atoms with Crippen molar-refractivity contribution in [1.29, 1.82) is 0 Å². The highest BCUT2D eigenvalue weighted by molar-refractivity contribution is 5.94. The zero-order chi connectivity index (χ0) is 15.0. The molecule has 3 rings (SSSR count). The fourth-order valence-electron chi connectivity index (χ4n) is 2.89. The van der Waals surface area contributed by atoms with E-state index in [9.17, 15) is 4.79 Å². The third-order valence-electron chi connectivity index (χ3n) is 3.67. The number of ether oxygens (including phenoxy) is 1. The summed E-state index contributed by atoms with van der Waals surface area (Å²) in [5.74, 6) is -0.254. The van der Waals surface area contributed by atoms with Crippen LogP contribution in [0.4, 0.5) is 0 Å². The molecule has 1 aromatic heterocycles. The van der Waals surface area contributed by atoms with Crippen molar-refractivity contribution in [3.63, 3.8) is 0 Å². The zero-order valence-corrected chi connectivity index (χ0v) is 12.8. The number of hydrogen-bond donors (Lipinski definition) is 0. The van der Waals surface area contributed by atoms with Crippen LogP contribution in [0, 0.1) is 0 Å². The zero-order valence-electron chi connectivity index (χ0n) is 12.8. The fraction of sp³-hybridized carbons (Fsp3) is 0.389. The van der Waals surface area contributed by atoms with Gasteiger partial charge in [0.25, 0.3) is 0 Å². The van der Waals surface area contributed by atoms with Gasteiger partial charge in [-0.15, -0.1) is 0 Å². The summed E-state index contributed by atoms with van der Waals surface area (Å²) in [6.45, 7) is 6.68. The molecule has 2 aromatic rings. The number of aromatic nitrogens is 1. The van der Waals surface area contributed by atoms with Crippen LogP contribution in [-0.4, -0.2) is 16.1 Å². The number of rotatable bonds is 1. The molecule has 0 radical (unpaired) electrons. The lowest BCUT2D eigenvalue weighted by atomic mass is 10.0. The highest BCUT2D eigenvalue weighted by Crippen LogP contribution is 2.32. The van der Waals surface area contributed by atoms with Crippen LogP contribution in [0.1, 0.15) is 39.3 Å². The lowest BCUT2D eigenvalue weighted by molar-refractivity contribution is -0.148. The van der Waals surface area contributed by atoms with Gasteiger partial charge >= 0.3 is 5.97 Å². The van der Waals surface area contributed by atoms with Crippen LogP contribution in [0.15, 0.2) is 36.4 Å². The van der Waals surface area contributed by atoms with Crippen LogP contribution < -0.4 is 0 Å². The first kappa shape index (κ1) is 13.9. The molecule has 3 heteroatoms. The van der Waals surface area contributed by atoms with Gasteiger partial charge in [0.05, 0.1) is 0 Å². The van der Waals surface area contributed by atoms with E-state index in [4.69, 9.17) is 4.74 Å². The number of nitrogens with zero attached hydrogens (tertiary/aromatic N) is 1. The summed E-state index contributed by atoms with van der Waals surface area (Å²) in [6, 6.07) is 10.5. The second-order valence-electron chi connectivity index (χ2n) is 6.55. The number of para-hydroxylation sites is 1. The molecule has 3 nitrogen and oxygen atoms in total. The van der Waals surface area contributed by atoms with E-state index in [0.29, 0.717) is 0 Å². The first-order chi connectivity index (χ1) is 9.94. The van der Waals surface area contributed by atoms with E-state index in [2.05, 4.69) is 28.8 Å². The quantitative estimate of drug-likeness (QED) is 0.581. The number of aryl methyl sites for hydroxylation is 1. The Balaban J connectivity index is 1.99. The van der Waals surface area contributed by atoms with Crippen molar-refractivity contribution in [3.8, 4) is 0 Å². The summed E-state index contributed by atoms with van der Waals surface area (Å²) < 4.78 is 7.71. The van der Waals surface area contributed by atoms with Crippen molar-refractivity contribution in [1.82, 2.24) is 4.57 Å². The molecule has 0 atom stereocenters. The number of fused-ring (bicyclic) bond motifs is 3. The van der Waals surface area contributed by atoms with Crippen molar-refractivity contribution < 1.29 is 9.53 Å². The summed E-state index contributed by atoms with van der Waals surface area (Å²) in [5.41, 5.74) is 3.01. The molecule has 0 saturated carbocycles. The molecule has 0 fully saturated rings. The molecular weight excluding hydrogens is 262 g/mol. The lowest BCUT2D eigenvalue weighted by Crippen LogP contribution is -2.23. The van der Waals surface area contributed by atoms with Gasteiger partial charge in [-0.25, -0.2) is 4.79 Å². The normalized spacial score (nSPS) is 17.0. The number of esters is 1. The van der Waals surface area contributed by atoms with Gasteiger partial charge in [-0.1, -0.05) is 18.2 Å². The van der Waals surface area contributed by atoms with Crippen molar-refractivity contribution in [2.45, 2.75) is 45.8 Å². The van der Waals surface area contributed by atoms with Crippen LogP contribution in [-0.2, 0) is 16.1 Å². The number of benzene rings is 1. The third-order valence-corrected chi connectivity index (χ3v) is 3.67. The maximum absolute atomic E-state index is 12.0. The Kier molecular flexibility index (Phi) is 3.36. The summed E-state index contributed by atoms with van der Waals surface area (Å²) in [4.78, 5) is 12.0. The van der Waals surface area contributed by atoms with Crippen molar-refractivity contribution in [2.75, 3.05) is 0 Å². The highest BCUT2D eigenvalue weighted by Gasteiger charge is 2.20.